The SMILES string of the molecule is Cc1ccc(-c2cc(N)n3nc(-c4ccno4)nc3c2)cc1. The Morgan fingerprint density at radius 3 is 2.59 bits per heavy atom. The number of hydrogen-bond acceptors (Lipinski definition) is 5. The average molecular weight is 291 g/mol. The number of anilines is 1. The summed E-state index contributed by atoms with van der Waals surface area (Å²) < 4.78 is 6.68. The topological polar surface area (TPSA) is 82.2 Å². The van der Waals surface area contributed by atoms with Crippen LogP contribution in [0.1, 0.15) is 5.56 Å². The summed E-state index contributed by atoms with van der Waals surface area (Å²) in [5, 5.41) is 8.02. The molecule has 0 saturated carbocycles. The summed E-state index contributed by atoms with van der Waals surface area (Å²) in [4.78, 5) is 4.46. The predicted octanol–water partition coefficient (Wildman–Crippen LogP) is 2.94. The van der Waals surface area contributed by atoms with Gasteiger partial charge in [0.2, 0.25) is 11.6 Å². The van der Waals surface area contributed by atoms with Gasteiger partial charge in [-0.25, -0.2) is 4.98 Å². The molecule has 3 aromatic heterocycles. The van der Waals surface area contributed by atoms with Gasteiger partial charge in [0.1, 0.15) is 5.82 Å². The van der Waals surface area contributed by atoms with Crippen molar-refractivity contribution in [2.75, 3.05) is 5.73 Å². The van der Waals surface area contributed by atoms with Crippen LogP contribution in [-0.2, 0) is 0 Å². The van der Waals surface area contributed by atoms with Gasteiger partial charge in [-0.1, -0.05) is 35.0 Å². The van der Waals surface area contributed by atoms with Gasteiger partial charge in [-0.05, 0) is 30.2 Å². The van der Waals surface area contributed by atoms with Gasteiger partial charge in [-0.15, -0.1) is 5.10 Å². The Hall–Kier alpha value is -3.15. The number of pyridine rings is 1. The van der Waals surface area contributed by atoms with E-state index in [0.29, 0.717) is 23.0 Å². The molecule has 0 spiro atoms. The smallest absolute Gasteiger partial charge is 0.220 e. The van der Waals surface area contributed by atoms with E-state index >= 15 is 0 Å². The van der Waals surface area contributed by atoms with Gasteiger partial charge in [0.25, 0.3) is 0 Å². The third kappa shape index (κ3) is 2.01. The predicted molar refractivity (Wildman–Crippen MR) is 83.1 cm³/mol. The highest BCUT2D eigenvalue weighted by molar-refractivity contribution is 5.72. The van der Waals surface area contributed by atoms with E-state index in [-0.39, 0.29) is 0 Å². The minimum Gasteiger partial charge on any atom is -0.384 e. The lowest BCUT2D eigenvalue weighted by molar-refractivity contribution is 0.429. The van der Waals surface area contributed by atoms with Crippen LogP contribution in [0, 0.1) is 6.92 Å². The van der Waals surface area contributed by atoms with E-state index in [1.165, 1.54) is 5.56 Å². The molecule has 22 heavy (non-hydrogen) atoms. The molecule has 108 valence electrons. The van der Waals surface area contributed by atoms with Crippen molar-refractivity contribution in [2.45, 2.75) is 6.92 Å². The van der Waals surface area contributed by atoms with E-state index in [9.17, 15) is 0 Å². The van der Waals surface area contributed by atoms with Crippen molar-refractivity contribution in [1.29, 1.82) is 0 Å². The molecule has 0 aliphatic carbocycles. The molecule has 0 radical (unpaired) electrons. The van der Waals surface area contributed by atoms with E-state index in [0.717, 1.165) is 11.1 Å². The maximum absolute atomic E-state index is 6.11. The van der Waals surface area contributed by atoms with Crippen molar-refractivity contribution < 1.29 is 4.52 Å². The monoisotopic (exact) mass is 291 g/mol. The van der Waals surface area contributed by atoms with Crippen molar-refractivity contribution in [2.24, 2.45) is 0 Å². The molecular weight excluding hydrogens is 278 g/mol. The van der Waals surface area contributed by atoms with Crippen molar-refractivity contribution in [3.8, 4) is 22.7 Å². The number of benzene rings is 1. The number of nitrogen functional groups attached to an aromatic ring is 1. The average Bonchev–Trinajstić information content (AvgIpc) is 3.17. The molecule has 3 heterocycles. The fourth-order valence-corrected chi connectivity index (χ4v) is 2.36. The standard InChI is InChI=1S/C16H13N5O/c1-10-2-4-11(5-3-10)12-8-14(17)21-15(9-12)19-16(20-21)13-6-7-18-22-13/h2-9H,17H2,1H3. The highest BCUT2D eigenvalue weighted by Crippen LogP contribution is 2.25. The quantitative estimate of drug-likeness (QED) is 0.614. The van der Waals surface area contributed by atoms with Gasteiger partial charge < -0.3 is 10.3 Å². The second-order valence-electron chi connectivity index (χ2n) is 5.12. The van der Waals surface area contributed by atoms with Crippen LogP contribution in [0.25, 0.3) is 28.4 Å². The molecule has 4 rings (SSSR count). The summed E-state index contributed by atoms with van der Waals surface area (Å²) >= 11 is 0. The normalized spacial score (nSPS) is 11.1. The molecule has 1 aromatic carbocycles. The van der Waals surface area contributed by atoms with Crippen LogP contribution in [0.15, 0.2) is 53.2 Å². The lowest BCUT2D eigenvalue weighted by atomic mass is 10.1. The minimum absolute atomic E-state index is 0.463. The van der Waals surface area contributed by atoms with Gasteiger partial charge in [0.15, 0.2) is 5.65 Å². The maximum atomic E-state index is 6.11. The van der Waals surface area contributed by atoms with E-state index in [2.05, 4.69) is 46.4 Å². The number of nitrogens with zero attached hydrogens (tertiary/aromatic N) is 4. The molecule has 0 atom stereocenters. The van der Waals surface area contributed by atoms with Crippen LogP contribution in [0.2, 0.25) is 0 Å². The van der Waals surface area contributed by atoms with Gasteiger partial charge in [-0.2, -0.15) is 4.52 Å². The molecule has 0 aliphatic rings. The lowest BCUT2D eigenvalue weighted by Gasteiger charge is -2.05. The number of nitrogens with two attached hydrogens (primary N) is 1. The molecule has 0 saturated heterocycles. The highest BCUT2D eigenvalue weighted by Gasteiger charge is 2.12. The van der Waals surface area contributed by atoms with Crippen LogP contribution in [0.4, 0.5) is 5.82 Å². The Kier molecular flexibility index (Phi) is 2.69. The second-order valence-corrected chi connectivity index (χ2v) is 5.12. The Balaban J connectivity index is 1.87. The first-order chi connectivity index (χ1) is 10.7. The largest absolute Gasteiger partial charge is 0.384 e. The molecule has 4 aromatic rings. The number of aryl methyl sites for hydroxylation is 1. The Morgan fingerprint density at radius 2 is 1.86 bits per heavy atom. The van der Waals surface area contributed by atoms with Crippen molar-refractivity contribution in [3.63, 3.8) is 0 Å². The summed E-state index contributed by atoms with van der Waals surface area (Å²) in [6.45, 7) is 2.06. The molecule has 0 amide bonds. The first-order valence-electron chi connectivity index (χ1n) is 6.85. The summed E-state index contributed by atoms with van der Waals surface area (Å²) in [5.74, 6) is 1.50. The number of rotatable bonds is 2. The Morgan fingerprint density at radius 1 is 1.05 bits per heavy atom. The zero-order chi connectivity index (χ0) is 15.1. The first kappa shape index (κ1) is 12.6. The summed E-state index contributed by atoms with van der Waals surface area (Å²) in [5.41, 5.74) is 10.1. The van der Waals surface area contributed by atoms with Crippen LogP contribution in [0.3, 0.4) is 0 Å². The van der Waals surface area contributed by atoms with Gasteiger partial charge in [0, 0.05) is 6.07 Å². The van der Waals surface area contributed by atoms with Crippen molar-refractivity contribution in [3.05, 3.63) is 54.2 Å². The second kappa shape index (κ2) is 4.70. The molecule has 6 nitrogen and oxygen atoms in total. The number of aromatic nitrogens is 4. The van der Waals surface area contributed by atoms with Gasteiger partial charge >= 0.3 is 0 Å². The van der Waals surface area contributed by atoms with E-state index in [1.54, 1.807) is 16.8 Å². The van der Waals surface area contributed by atoms with Crippen molar-refractivity contribution >= 4 is 11.5 Å². The molecule has 6 heteroatoms. The molecule has 0 aliphatic heterocycles. The number of hydrogen-bond donors (Lipinski definition) is 1. The zero-order valence-electron chi connectivity index (χ0n) is 11.9. The molecule has 0 fully saturated rings. The summed E-state index contributed by atoms with van der Waals surface area (Å²) in [7, 11) is 0. The fraction of sp³-hybridized carbons (Fsp3) is 0.0625. The van der Waals surface area contributed by atoms with E-state index in [1.807, 2.05) is 12.1 Å². The number of fused-ring (bicyclic) bond motifs is 1. The third-order valence-electron chi connectivity index (χ3n) is 3.51. The van der Waals surface area contributed by atoms with E-state index in [4.69, 9.17) is 10.3 Å². The van der Waals surface area contributed by atoms with Gasteiger partial charge in [-0.3, -0.25) is 0 Å². The van der Waals surface area contributed by atoms with Crippen LogP contribution >= 0.6 is 0 Å². The highest BCUT2D eigenvalue weighted by atomic mass is 16.5. The van der Waals surface area contributed by atoms with Crippen molar-refractivity contribution in [1.82, 2.24) is 19.8 Å². The van der Waals surface area contributed by atoms with Crippen LogP contribution < -0.4 is 5.73 Å². The van der Waals surface area contributed by atoms with Crippen LogP contribution in [-0.4, -0.2) is 19.8 Å². The molecule has 2 N–H and O–H groups in total. The van der Waals surface area contributed by atoms with E-state index < -0.39 is 0 Å². The molecular formula is C16H13N5O. The third-order valence-corrected chi connectivity index (χ3v) is 3.51. The molecule has 0 bridgehead atoms. The van der Waals surface area contributed by atoms with Gasteiger partial charge in [0.05, 0.1) is 6.20 Å². The summed E-state index contributed by atoms with van der Waals surface area (Å²) in [6.07, 6.45) is 1.56. The Bertz CT molecular complexity index is 939. The maximum Gasteiger partial charge on any atom is 0.220 e. The fourth-order valence-electron chi connectivity index (χ4n) is 2.36. The van der Waals surface area contributed by atoms with Crippen LogP contribution in [0.5, 0.6) is 0 Å². The molecule has 0 unspecified atom stereocenters. The minimum atomic E-state index is 0.463. The Labute approximate surface area is 126 Å². The zero-order valence-corrected chi connectivity index (χ0v) is 11.9. The summed E-state index contributed by atoms with van der Waals surface area (Å²) in [6, 6.07) is 13.8. The lowest BCUT2D eigenvalue weighted by Crippen LogP contribution is -1.99. The first-order valence-corrected chi connectivity index (χ1v) is 6.85.